The zero-order chi connectivity index (χ0) is 30.0. The van der Waals surface area contributed by atoms with Crippen molar-refractivity contribution in [2.45, 2.75) is 19.4 Å². The fraction of sp³-hybridized carbons (Fsp3) is 0.206. The van der Waals surface area contributed by atoms with E-state index < -0.39 is 12.1 Å². The third kappa shape index (κ3) is 4.55. The number of carbonyl (C=O) groups excluding carboxylic acids is 4. The van der Waals surface area contributed by atoms with Crippen LogP contribution in [0.15, 0.2) is 84.9 Å². The van der Waals surface area contributed by atoms with E-state index in [1.807, 2.05) is 0 Å². The Kier molecular flexibility index (Phi) is 6.67. The van der Waals surface area contributed by atoms with E-state index >= 15 is 0 Å². The number of anilines is 1. The van der Waals surface area contributed by atoms with Crippen LogP contribution >= 0.6 is 23.2 Å². The molecule has 2 amide bonds. The molecule has 9 heteroatoms. The molecule has 7 rings (SSSR count). The van der Waals surface area contributed by atoms with Gasteiger partial charge in [0.15, 0.2) is 6.10 Å². The standard InChI is InChI=1S/C34H24Cl2N2O5/c1-17(31(39)19-7-11-22(35)12-8-19)43-34(42)25-16-27(37-30-24(25)3-2-4-26(30)36)18-9-13-23(14-10-18)38-32(40)28-20-5-6-21(15-20)29(28)33(38)41/h2-14,16-17,20-21,28-29H,15H2,1H3. The van der Waals surface area contributed by atoms with Crippen LogP contribution in [0.2, 0.25) is 10.0 Å². The van der Waals surface area contributed by atoms with E-state index in [1.54, 1.807) is 72.8 Å². The van der Waals surface area contributed by atoms with Gasteiger partial charge in [0.1, 0.15) is 0 Å². The SMILES string of the molecule is CC(OC(=O)c1cc(-c2ccc(N3C(=O)C4C5C=CC(C5)C4C3=O)cc2)nc2c(Cl)cccc12)C(=O)c1ccc(Cl)cc1. The van der Waals surface area contributed by atoms with E-state index in [2.05, 4.69) is 12.2 Å². The summed E-state index contributed by atoms with van der Waals surface area (Å²) in [5.41, 5.74) is 2.55. The molecule has 3 aliphatic rings. The van der Waals surface area contributed by atoms with E-state index in [0.717, 1.165) is 6.42 Å². The fourth-order valence-corrected chi connectivity index (χ4v) is 6.94. The number of Topliss-reactive ketones (excluding diaryl/α,β-unsaturated/α-hetero) is 1. The molecule has 214 valence electrons. The number of allylic oxidation sites excluding steroid dienone is 2. The number of aromatic nitrogens is 1. The molecule has 43 heavy (non-hydrogen) atoms. The van der Waals surface area contributed by atoms with Gasteiger partial charge in [-0.25, -0.2) is 9.78 Å². The lowest BCUT2D eigenvalue weighted by Crippen LogP contribution is -2.32. The molecule has 1 saturated heterocycles. The van der Waals surface area contributed by atoms with Crippen LogP contribution in [0.5, 0.6) is 0 Å². The second kappa shape index (κ2) is 10.4. The lowest BCUT2D eigenvalue weighted by atomic mass is 9.85. The number of imide groups is 1. The van der Waals surface area contributed by atoms with Gasteiger partial charge < -0.3 is 4.74 Å². The normalized spacial score (nSPS) is 22.7. The van der Waals surface area contributed by atoms with Gasteiger partial charge in [0, 0.05) is 21.5 Å². The van der Waals surface area contributed by atoms with E-state index in [4.69, 9.17) is 32.9 Å². The number of benzene rings is 3. The van der Waals surface area contributed by atoms with Crippen LogP contribution in [0.3, 0.4) is 0 Å². The number of esters is 1. The van der Waals surface area contributed by atoms with Crippen molar-refractivity contribution in [3.05, 3.63) is 106 Å². The van der Waals surface area contributed by atoms with Crippen LogP contribution in [0, 0.1) is 23.7 Å². The predicted molar refractivity (Wildman–Crippen MR) is 163 cm³/mol. The van der Waals surface area contributed by atoms with Gasteiger partial charge in [-0.2, -0.15) is 0 Å². The zero-order valence-corrected chi connectivity index (χ0v) is 24.4. The third-order valence-electron chi connectivity index (χ3n) is 8.68. The predicted octanol–water partition coefficient (Wildman–Crippen LogP) is 6.95. The molecule has 0 N–H and O–H groups in total. The Balaban J connectivity index is 1.18. The number of ketones is 1. The number of hydrogen-bond acceptors (Lipinski definition) is 6. The van der Waals surface area contributed by atoms with Gasteiger partial charge >= 0.3 is 5.97 Å². The van der Waals surface area contributed by atoms with Crippen LogP contribution in [0.25, 0.3) is 22.2 Å². The van der Waals surface area contributed by atoms with E-state index in [9.17, 15) is 19.2 Å². The van der Waals surface area contributed by atoms with Crippen LogP contribution < -0.4 is 4.90 Å². The van der Waals surface area contributed by atoms with Crippen molar-refractivity contribution >= 4 is 63.4 Å². The number of fused-ring (bicyclic) bond motifs is 6. The highest BCUT2D eigenvalue weighted by Gasteiger charge is 2.59. The van der Waals surface area contributed by atoms with E-state index in [1.165, 1.54) is 11.8 Å². The monoisotopic (exact) mass is 610 g/mol. The number of carbonyl (C=O) groups is 4. The molecule has 2 heterocycles. The summed E-state index contributed by atoms with van der Waals surface area (Å²) in [5, 5.41) is 1.32. The summed E-state index contributed by atoms with van der Waals surface area (Å²) in [5.74, 6) is -1.68. The molecule has 3 aromatic carbocycles. The van der Waals surface area contributed by atoms with Crippen LogP contribution in [0.4, 0.5) is 5.69 Å². The Labute approximate surface area is 257 Å². The first-order chi connectivity index (χ1) is 20.7. The summed E-state index contributed by atoms with van der Waals surface area (Å²) in [6.07, 6.45) is 3.95. The third-order valence-corrected chi connectivity index (χ3v) is 9.24. The van der Waals surface area contributed by atoms with Crippen molar-refractivity contribution in [3.63, 3.8) is 0 Å². The Hall–Kier alpha value is -4.33. The van der Waals surface area contributed by atoms with Gasteiger partial charge in [-0.1, -0.05) is 59.6 Å². The minimum absolute atomic E-state index is 0.129. The molecule has 7 nitrogen and oxygen atoms in total. The van der Waals surface area contributed by atoms with Crippen LogP contribution in [0.1, 0.15) is 34.1 Å². The van der Waals surface area contributed by atoms with Gasteiger partial charge in [0.2, 0.25) is 17.6 Å². The number of rotatable bonds is 6. The Morgan fingerprint density at radius 1 is 0.907 bits per heavy atom. The molecule has 0 spiro atoms. The summed E-state index contributed by atoms with van der Waals surface area (Å²) in [6, 6.07) is 20.0. The van der Waals surface area contributed by atoms with Gasteiger partial charge in [-0.05, 0) is 73.7 Å². The smallest absolute Gasteiger partial charge is 0.339 e. The van der Waals surface area contributed by atoms with Gasteiger partial charge in [-0.15, -0.1) is 0 Å². The number of halogens is 2. The second-order valence-corrected chi connectivity index (χ2v) is 12.0. The molecule has 1 aromatic heterocycles. The summed E-state index contributed by atoms with van der Waals surface area (Å²) in [6.45, 7) is 1.52. The summed E-state index contributed by atoms with van der Waals surface area (Å²) in [7, 11) is 0. The fourth-order valence-electron chi connectivity index (χ4n) is 6.59. The lowest BCUT2D eigenvalue weighted by Gasteiger charge is -2.18. The highest BCUT2D eigenvalue weighted by molar-refractivity contribution is 6.35. The highest BCUT2D eigenvalue weighted by atomic mass is 35.5. The van der Waals surface area contributed by atoms with E-state index in [-0.39, 0.29) is 46.8 Å². The molecule has 5 unspecified atom stereocenters. The maximum atomic E-state index is 13.5. The minimum atomic E-state index is -1.06. The molecule has 2 fully saturated rings. The molecule has 2 bridgehead atoms. The van der Waals surface area contributed by atoms with Crippen molar-refractivity contribution in [1.29, 1.82) is 0 Å². The number of ether oxygens (including phenoxy) is 1. The second-order valence-electron chi connectivity index (χ2n) is 11.2. The number of nitrogens with zero attached hydrogens (tertiary/aromatic N) is 2. The summed E-state index contributed by atoms with van der Waals surface area (Å²) < 4.78 is 5.61. The zero-order valence-electron chi connectivity index (χ0n) is 22.9. The molecule has 5 atom stereocenters. The largest absolute Gasteiger partial charge is 0.451 e. The lowest BCUT2D eigenvalue weighted by molar-refractivity contribution is -0.123. The van der Waals surface area contributed by atoms with E-state index in [0.29, 0.717) is 43.5 Å². The van der Waals surface area contributed by atoms with Gasteiger partial charge in [0.25, 0.3) is 0 Å². The van der Waals surface area contributed by atoms with Crippen molar-refractivity contribution < 1.29 is 23.9 Å². The molecular formula is C34H24Cl2N2O5. The molecule has 0 radical (unpaired) electrons. The van der Waals surface area contributed by atoms with Crippen molar-refractivity contribution in [3.8, 4) is 11.3 Å². The first-order valence-electron chi connectivity index (χ1n) is 14.0. The average Bonchev–Trinajstić information content (AvgIpc) is 3.70. The number of amides is 2. The highest BCUT2D eigenvalue weighted by Crippen LogP contribution is 2.53. The Morgan fingerprint density at radius 3 is 2.21 bits per heavy atom. The summed E-state index contributed by atoms with van der Waals surface area (Å²) >= 11 is 12.4. The Bertz CT molecular complexity index is 1840. The van der Waals surface area contributed by atoms with Crippen molar-refractivity contribution in [2.24, 2.45) is 23.7 Å². The average molecular weight is 611 g/mol. The maximum absolute atomic E-state index is 13.5. The first-order valence-corrected chi connectivity index (χ1v) is 14.7. The van der Waals surface area contributed by atoms with Crippen molar-refractivity contribution in [2.75, 3.05) is 4.90 Å². The first kappa shape index (κ1) is 27.5. The molecular weight excluding hydrogens is 587 g/mol. The molecule has 1 aliphatic heterocycles. The van der Waals surface area contributed by atoms with Crippen LogP contribution in [-0.2, 0) is 14.3 Å². The number of para-hydroxylation sites is 1. The minimum Gasteiger partial charge on any atom is -0.451 e. The molecule has 4 aromatic rings. The quantitative estimate of drug-likeness (QED) is 0.101. The van der Waals surface area contributed by atoms with Crippen LogP contribution in [-0.4, -0.2) is 34.7 Å². The molecule has 1 saturated carbocycles. The Morgan fingerprint density at radius 2 is 1.56 bits per heavy atom. The number of hydrogen-bond donors (Lipinski definition) is 0. The van der Waals surface area contributed by atoms with Gasteiger partial charge in [0.05, 0.1) is 39.3 Å². The van der Waals surface area contributed by atoms with Crippen molar-refractivity contribution in [1.82, 2.24) is 4.98 Å². The summed E-state index contributed by atoms with van der Waals surface area (Å²) in [4.78, 5) is 58.9. The maximum Gasteiger partial charge on any atom is 0.339 e. The molecule has 2 aliphatic carbocycles. The van der Waals surface area contributed by atoms with Gasteiger partial charge in [-0.3, -0.25) is 19.3 Å². The topological polar surface area (TPSA) is 93.6 Å². The number of pyridine rings is 1.